The van der Waals surface area contributed by atoms with Crippen molar-refractivity contribution < 1.29 is 15.0 Å². The summed E-state index contributed by atoms with van der Waals surface area (Å²) in [4.78, 5) is 12.3. The first-order valence-corrected chi connectivity index (χ1v) is 6.39. The number of benzene rings is 1. The Bertz CT molecular complexity index is 467. The predicted octanol–water partition coefficient (Wildman–Crippen LogP) is 3.17. The molecular weight excluding hydrogens is 277 g/mol. The largest absolute Gasteiger partial charge is 0.465 e. The number of aliphatic hydroxyl groups excluding tert-OH is 1. The Morgan fingerprint density at radius 1 is 1.39 bits per heavy atom. The van der Waals surface area contributed by atoms with Crippen LogP contribution in [0.1, 0.15) is 24.5 Å². The van der Waals surface area contributed by atoms with E-state index in [1.807, 2.05) is 0 Å². The van der Waals surface area contributed by atoms with Gasteiger partial charge in [0, 0.05) is 6.54 Å². The summed E-state index contributed by atoms with van der Waals surface area (Å²) in [6.45, 7) is 0.457. The number of rotatable bonds is 2. The minimum atomic E-state index is -1.00. The minimum Gasteiger partial charge on any atom is -0.465 e. The second-order valence-electron chi connectivity index (χ2n) is 4.30. The van der Waals surface area contributed by atoms with Gasteiger partial charge in [0.1, 0.15) is 0 Å². The zero-order chi connectivity index (χ0) is 13.3. The molecule has 1 saturated heterocycles. The summed E-state index contributed by atoms with van der Waals surface area (Å²) >= 11 is 11.7. The van der Waals surface area contributed by atoms with Crippen molar-refractivity contribution in [3.8, 4) is 0 Å². The molecule has 0 radical (unpaired) electrons. The van der Waals surface area contributed by atoms with E-state index in [-0.39, 0.29) is 0 Å². The van der Waals surface area contributed by atoms with Crippen LogP contribution in [0.25, 0.3) is 0 Å². The monoisotopic (exact) mass is 289 g/mol. The second-order valence-corrected chi connectivity index (χ2v) is 5.12. The van der Waals surface area contributed by atoms with E-state index in [2.05, 4.69) is 0 Å². The summed E-state index contributed by atoms with van der Waals surface area (Å²) in [5.41, 5.74) is 0.586. The lowest BCUT2D eigenvalue weighted by atomic mass is 10.0. The van der Waals surface area contributed by atoms with Gasteiger partial charge < -0.3 is 15.1 Å². The molecule has 2 N–H and O–H groups in total. The zero-order valence-electron chi connectivity index (χ0n) is 9.51. The average molecular weight is 290 g/mol. The fraction of sp³-hybridized carbons (Fsp3) is 0.417. The van der Waals surface area contributed by atoms with Gasteiger partial charge in [-0.05, 0) is 30.5 Å². The highest BCUT2D eigenvalue weighted by Crippen LogP contribution is 2.32. The molecule has 0 aromatic heterocycles. The first-order chi connectivity index (χ1) is 8.50. The zero-order valence-corrected chi connectivity index (χ0v) is 11.0. The predicted molar refractivity (Wildman–Crippen MR) is 69.2 cm³/mol. The first kappa shape index (κ1) is 13.5. The molecular formula is C12H13Cl2NO3. The normalized spacial score (nSPS) is 21.1. The average Bonchev–Trinajstić information content (AvgIpc) is 2.81. The molecule has 2 atom stereocenters. The van der Waals surface area contributed by atoms with Gasteiger partial charge >= 0.3 is 6.09 Å². The van der Waals surface area contributed by atoms with Crippen LogP contribution in [0.4, 0.5) is 4.79 Å². The van der Waals surface area contributed by atoms with Crippen molar-refractivity contribution in [2.75, 3.05) is 6.54 Å². The number of halogens is 2. The van der Waals surface area contributed by atoms with Crippen LogP contribution < -0.4 is 0 Å². The smallest absolute Gasteiger partial charge is 0.407 e. The Balaban J connectivity index is 2.22. The molecule has 6 heteroatoms. The standard InChI is InChI=1S/C12H13Cl2NO3/c13-8-4-3-7(6-9(8)14)11(16)10-2-1-5-15(10)12(17)18/h3-4,6,10-11,16H,1-2,5H2,(H,17,18)/t10-,11-/m1/s1. The molecule has 1 heterocycles. The lowest BCUT2D eigenvalue weighted by Gasteiger charge is -2.26. The molecule has 98 valence electrons. The summed E-state index contributed by atoms with van der Waals surface area (Å²) in [7, 11) is 0. The number of likely N-dealkylation sites (tertiary alicyclic amines) is 1. The van der Waals surface area contributed by atoms with Gasteiger partial charge in [0.2, 0.25) is 0 Å². The van der Waals surface area contributed by atoms with Gasteiger partial charge in [-0.1, -0.05) is 29.3 Å². The molecule has 0 saturated carbocycles. The quantitative estimate of drug-likeness (QED) is 0.879. The lowest BCUT2D eigenvalue weighted by Crippen LogP contribution is -2.38. The van der Waals surface area contributed by atoms with Crippen LogP contribution in [0, 0.1) is 0 Å². The van der Waals surface area contributed by atoms with Gasteiger partial charge in [-0.2, -0.15) is 0 Å². The Hall–Kier alpha value is -0.970. The van der Waals surface area contributed by atoms with E-state index in [1.54, 1.807) is 18.2 Å². The first-order valence-electron chi connectivity index (χ1n) is 5.63. The van der Waals surface area contributed by atoms with Crippen molar-refractivity contribution in [1.29, 1.82) is 0 Å². The number of aliphatic hydroxyl groups is 1. The summed E-state index contributed by atoms with van der Waals surface area (Å²) in [5, 5.41) is 20.1. The molecule has 1 aromatic rings. The highest BCUT2D eigenvalue weighted by molar-refractivity contribution is 6.42. The highest BCUT2D eigenvalue weighted by atomic mass is 35.5. The van der Waals surface area contributed by atoms with Crippen LogP contribution in [0.3, 0.4) is 0 Å². The molecule has 2 rings (SSSR count). The van der Waals surface area contributed by atoms with Crippen LogP contribution in [0.15, 0.2) is 18.2 Å². The molecule has 1 aliphatic rings. The molecule has 1 aromatic carbocycles. The Morgan fingerprint density at radius 2 is 2.11 bits per heavy atom. The summed E-state index contributed by atoms with van der Waals surface area (Å²) < 4.78 is 0. The number of amides is 1. The molecule has 1 aliphatic heterocycles. The van der Waals surface area contributed by atoms with Gasteiger partial charge in [-0.3, -0.25) is 0 Å². The van der Waals surface area contributed by atoms with Crippen molar-refractivity contribution in [2.24, 2.45) is 0 Å². The molecule has 4 nitrogen and oxygen atoms in total. The Kier molecular flexibility index (Phi) is 4.00. The number of carbonyl (C=O) groups is 1. The minimum absolute atomic E-state index is 0.355. The van der Waals surface area contributed by atoms with E-state index in [9.17, 15) is 9.90 Å². The van der Waals surface area contributed by atoms with Gasteiger partial charge in [0.25, 0.3) is 0 Å². The van der Waals surface area contributed by atoms with Gasteiger partial charge in [-0.25, -0.2) is 4.79 Å². The summed E-state index contributed by atoms with van der Waals surface area (Å²) in [6, 6.07) is 4.42. The number of carboxylic acid groups (broad SMARTS) is 1. The topological polar surface area (TPSA) is 60.8 Å². The highest BCUT2D eigenvalue weighted by Gasteiger charge is 2.34. The van der Waals surface area contributed by atoms with E-state index in [1.165, 1.54) is 4.90 Å². The maximum Gasteiger partial charge on any atom is 0.407 e. The molecule has 18 heavy (non-hydrogen) atoms. The third kappa shape index (κ3) is 2.55. The Morgan fingerprint density at radius 3 is 2.72 bits per heavy atom. The summed E-state index contributed by atoms with van der Waals surface area (Å²) in [5.74, 6) is 0. The Labute approximate surface area is 115 Å². The molecule has 0 bridgehead atoms. The molecule has 0 spiro atoms. The second kappa shape index (κ2) is 5.34. The van der Waals surface area contributed by atoms with Crippen molar-refractivity contribution in [2.45, 2.75) is 25.0 Å². The van der Waals surface area contributed by atoms with Crippen LogP contribution in [-0.4, -0.2) is 33.8 Å². The molecule has 1 fully saturated rings. The van der Waals surface area contributed by atoms with E-state index < -0.39 is 18.2 Å². The SMILES string of the molecule is O=C(O)N1CCC[C@@H]1[C@H](O)c1ccc(Cl)c(Cl)c1. The van der Waals surface area contributed by atoms with Crippen LogP contribution in [-0.2, 0) is 0 Å². The van der Waals surface area contributed by atoms with E-state index in [0.717, 1.165) is 6.42 Å². The fourth-order valence-electron chi connectivity index (χ4n) is 2.28. The molecule has 0 aliphatic carbocycles. The van der Waals surface area contributed by atoms with Crippen molar-refractivity contribution in [1.82, 2.24) is 4.90 Å². The number of hydrogen-bond acceptors (Lipinski definition) is 2. The van der Waals surface area contributed by atoms with E-state index in [4.69, 9.17) is 28.3 Å². The third-order valence-electron chi connectivity index (χ3n) is 3.19. The summed E-state index contributed by atoms with van der Waals surface area (Å²) in [6.07, 6.45) is -0.474. The number of hydrogen-bond donors (Lipinski definition) is 2. The fourth-order valence-corrected chi connectivity index (χ4v) is 2.58. The van der Waals surface area contributed by atoms with Crippen LogP contribution in [0.2, 0.25) is 10.0 Å². The van der Waals surface area contributed by atoms with E-state index in [0.29, 0.717) is 28.6 Å². The maximum atomic E-state index is 11.0. The van der Waals surface area contributed by atoms with Crippen LogP contribution in [0.5, 0.6) is 0 Å². The van der Waals surface area contributed by atoms with Crippen molar-refractivity contribution in [3.05, 3.63) is 33.8 Å². The van der Waals surface area contributed by atoms with Crippen LogP contribution >= 0.6 is 23.2 Å². The van der Waals surface area contributed by atoms with E-state index >= 15 is 0 Å². The molecule has 0 unspecified atom stereocenters. The van der Waals surface area contributed by atoms with Gasteiger partial charge in [-0.15, -0.1) is 0 Å². The van der Waals surface area contributed by atoms with Crippen molar-refractivity contribution in [3.63, 3.8) is 0 Å². The number of nitrogens with zero attached hydrogens (tertiary/aromatic N) is 1. The lowest BCUT2D eigenvalue weighted by molar-refractivity contribution is 0.0677. The maximum absolute atomic E-state index is 11.0. The van der Waals surface area contributed by atoms with Gasteiger partial charge in [0.15, 0.2) is 0 Å². The van der Waals surface area contributed by atoms with Gasteiger partial charge in [0.05, 0.1) is 22.2 Å². The van der Waals surface area contributed by atoms with Crippen molar-refractivity contribution >= 4 is 29.3 Å². The molecule has 1 amide bonds. The third-order valence-corrected chi connectivity index (χ3v) is 3.93.